The van der Waals surface area contributed by atoms with Crippen LogP contribution in [0, 0.1) is 11.3 Å². The monoisotopic (exact) mass is 265 g/mol. The predicted octanol–water partition coefficient (Wildman–Crippen LogP) is 3.03. The number of hydrogen-bond donors (Lipinski definition) is 1. The zero-order valence-corrected chi connectivity index (χ0v) is 12.5. The molecule has 0 radical (unpaired) electrons. The number of aliphatic hydroxyl groups is 1. The lowest BCUT2D eigenvalue weighted by Gasteiger charge is -2.41. The topological polar surface area (TPSA) is 50.9 Å². The van der Waals surface area contributed by atoms with E-state index in [-0.39, 0.29) is 5.41 Å². The molecule has 2 rings (SSSR count). The molecule has 1 aliphatic carbocycles. The van der Waals surface area contributed by atoms with Crippen LogP contribution in [0.1, 0.15) is 59.3 Å². The average Bonchev–Trinajstić information content (AvgIpc) is 2.97. The fraction of sp³-hybridized carbons (Fsp3) is 0.867. The zero-order valence-electron chi connectivity index (χ0n) is 12.5. The van der Waals surface area contributed by atoms with Gasteiger partial charge in [0, 0.05) is 0 Å². The predicted molar refractivity (Wildman–Crippen MR) is 75.6 cm³/mol. The van der Waals surface area contributed by atoms with E-state index in [1.807, 2.05) is 0 Å². The molecular formula is C15H27N3O. The molecule has 19 heavy (non-hydrogen) atoms. The summed E-state index contributed by atoms with van der Waals surface area (Å²) in [6.07, 6.45) is 10.6. The molecule has 0 spiro atoms. The summed E-state index contributed by atoms with van der Waals surface area (Å²) in [5.74, 6) is 0.810. The van der Waals surface area contributed by atoms with Crippen LogP contribution in [-0.2, 0) is 6.54 Å². The summed E-state index contributed by atoms with van der Waals surface area (Å²) in [5, 5.41) is 15.2. The van der Waals surface area contributed by atoms with Crippen LogP contribution in [0.2, 0.25) is 0 Å². The fourth-order valence-corrected chi connectivity index (χ4v) is 3.02. The standard InChI is InChI=1S/C15H27N3O/c1-14(2,3)15(19,10-18-12-16-11-17-18)9-8-13-6-4-5-7-13/h11-13,19H,4-10H2,1-3H3. The molecule has 0 amide bonds. The van der Waals surface area contributed by atoms with Gasteiger partial charge in [-0.25, -0.2) is 4.98 Å². The van der Waals surface area contributed by atoms with Gasteiger partial charge in [-0.2, -0.15) is 5.10 Å². The second-order valence-corrected chi connectivity index (χ2v) is 7.06. The van der Waals surface area contributed by atoms with Crippen molar-refractivity contribution in [2.45, 2.75) is 71.4 Å². The van der Waals surface area contributed by atoms with Crippen LogP contribution in [-0.4, -0.2) is 25.5 Å². The summed E-state index contributed by atoms with van der Waals surface area (Å²) in [5.41, 5.74) is -0.874. The van der Waals surface area contributed by atoms with E-state index in [1.54, 1.807) is 11.0 Å². The van der Waals surface area contributed by atoms with Gasteiger partial charge in [0.2, 0.25) is 0 Å². The molecule has 0 aromatic carbocycles. The molecule has 1 heterocycles. The van der Waals surface area contributed by atoms with Gasteiger partial charge < -0.3 is 5.11 Å². The number of hydrogen-bond acceptors (Lipinski definition) is 3. The molecule has 0 bridgehead atoms. The first-order chi connectivity index (χ1) is 8.91. The SMILES string of the molecule is CC(C)(C)C(O)(CCC1CCCC1)Cn1cncn1. The van der Waals surface area contributed by atoms with Gasteiger partial charge in [0.05, 0.1) is 12.1 Å². The van der Waals surface area contributed by atoms with Crippen molar-refractivity contribution in [3.63, 3.8) is 0 Å². The van der Waals surface area contributed by atoms with Crippen LogP contribution in [0.15, 0.2) is 12.7 Å². The van der Waals surface area contributed by atoms with Gasteiger partial charge in [0.25, 0.3) is 0 Å². The first-order valence-corrected chi connectivity index (χ1v) is 7.45. The molecular weight excluding hydrogens is 238 g/mol. The molecule has 1 aromatic rings. The van der Waals surface area contributed by atoms with Crippen molar-refractivity contribution in [1.82, 2.24) is 14.8 Å². The summed E-state index contributed by atoms with van der Waals surface area (Å²) in [4.78, 5) is 3.97. The third-order valence-electron chi connectivity index (χ3n) is 4.73. The van der Waals surface area contributed by atoms with Gasteiger partial charge in [-0.1, -0.05) is 46.5 Å². The lowest BCUT2D eigenvalue weighted by atomic mass is 9.72. The maximum absolute atomic E-state index is 11.1. The van der Waals surface area contributed by atoms with Crippen molar-refractivity contribution in [2.24, 2.45) is 11.3 Å². The lowest BCUT2D eigenvalue weighted by Crippen LogP contribution is -2.47. The highest BCUT2D eigenvalue weighted by atomic mass is 16.3. The van der Waals surface area contributed by atoms with Gasteiger partial charge in [-0.3, -0.25) is 4.68 Å². The summed E-state index contributed by atoms with van der Waals surface area (Å²) < 4.78 is 1.75. The second kappa shape index (κ2) is 5.61. The lowest BCUT2D eigenvalue weighted by molar-refractivity contribution is -0.0834. The summed E-state index contributed by atoms with van der Waals surface area (Å²) in [7, 11) is 0. The minimum atomic E-state index is -0.719. The third-order valence-corrected chi connectivity index (χ3v) is 4.73. The number of rotatable bonds is 5. The van der Waals surface area contributed by atoms with Crippen molar-refractivity contribution < 1.29 is 5.11 Å². The van der Waals surface area contributed by atoms with E-state index in [9.17, 15) is 5.11 Å². The van der Waals surface area contributed by atoms with Crippen molar-refractivity contribution in [3.05, 3.63) is 12.7 Å². The maximum atomic E-state index is 11.1. The molecule has 1 unspecified atom stereocenters. The fourth-order valence-electron chi connectivity index (χ4n) is 3.02. The summed E-state index contributed by atoms with van der Waals surface area (Å²) in [6.45, 7) is 6.86. The van der Waals surface area contributed by atoms with Crippen LogP contribution < -0.4 is 0 Å². The smallest absolute Gasteiger partial charge is 0.137 e. The molecule has 108 valence electrons. The molecule has 1 aliphatic rings. The zero-order chi connectivity index (χ0) is 13.9. The first kappa shape index (κ1) is 14.5. The first-order valence-electron chi connectivity index (χ1n) is 7.45. The Morgan fingerprint density at radius 2 is 1.95 bits per heavy atom. The van der Waals surface area contributed by atoms with Gasteiger partial charge in [-0.15, -0.1) is 0 Å². The van der Waals surface area contributed by atoms with Gasteiger partial charge in [0.1, 0.15) is 12.7 Å². The summed E-state index contributed by atoms with van der Waals surface area (Å²) >= 11 is 0. The molecule has 4 heteroatoms. The molecule has 1 aromatic heterocycles. The molecule has 0 saturated heterocycles. The average molecular weight is 265 g/mol. The highest BCUT2D eigenvalue weighted by Crippen LogP contribution is 2.39. The Bertz CT molecular complexity index is 377. The summed E-state index contributed by atoms with van der Waals surface area (Å²) in [6, 6.07) is 0. The minimum absolute atomic E-state index is 0.155. The van der Waals surface area contributed by atoms with E-state index >= 15 is 0 Å². The van der Waals surface area contributed by atoms with Crippen LogP contribution in [0.5, 0.6) is 0 Å². The van der Waals surface area contributed by atoms with Crippen molar-refractivity contribution in [3.8, 4) is 0 Å². The van der Waals surface area contributed by atoms with E-state index in [0.29, 0.717) is 6.54 Å². The Morgan fingerprint density at radius 1 is 1.26 bits per heavy atom. The molecule has 1 saturated carbocycles. The van der Waals surface area contributed by atoms with Crippen molar-refractivity contribution in [2.75, 3.05) is 0 Å². The van der Waals surface area contributed by atoms with E-state index in [4.69, 9.17) is 0 Å². The van der Waals surface area contributed by atoms with Crippen molar-refractivity contribution >= 4 is 0 Å². The number of nitrogens with zero attached hydrogens (tertiary/aromatic N) is 3. The van der Waals surface area contributed by atoms with Gasteiger partial charge in [-0.05, 0) is 24.2 Å². The Balaban J connectivity index is 2.01. The highest BCUT2D eigenvalue weighted by molar-refractivity contribution is 4.91. The van der Waals surface area contributed by atoms with E-state index in [2.05, 4.69) is 30.9 Å². The van der Waals surface area contributed by atoms with Crippen LogP contribution in [0.4, 0.5) is 0 Å². The van der Waals surface area contributed by atoms with Gasteiger partial charge >= 0.3 is 0 Å². The number of aromatic nitrogens is 3. The molecule has 1 N–H and O–H groups in total. The van der Waals surface area contributed by atoms with E-state index < -0.39 is 5.60 Å². The Kier molecular flexibility index (Phi) is 4.29. The molecule has 1 atom stereocenters. The normalized spacial score (nSPS) is 20.6. The Labute approximate surface area is 116 Å². The van der Waals surface area contributed by atoms with Crippen LogP contribution >= 0.6 is 0 Å². The molecule has 1 fully saturated rings. The van der Waals surface area contributed by atoms with E-state index in [1.165, 1.54) is 32.0 Å². The Hall–Kier alpha value is -0.900. The quantitative estimate of drug-likeness (QED) is 0.890. The molecule has 0 aliphatic heterocycles. The Morgan fingerprint density at radius 3 is 2.47 bits per heavy atom. The van der Waals surface area contributed by atoms with Crippen molar-refractivity contribution in [1.29, 1.82) is 0 Å². The minimum Gasteiger partial charge on any atom is -0.387 e. The largest absolute Gasteiger partial charge is 0.387 e. The third kappa shape index (κ3) is 3.56. The highest BCUT2D eigenvalue weighted by Gasteiger charge is 2.40. The second-order valence-electron chi connectivity index (χ2n) is 7.06. The molecule has 4 nitrogen and oxygen atoms in total. The van der Waals surface area contributed by atoms with Crippen LogP contribution in [0.3, 0.4) is 0 Å². The van der Waals surface area contributed by atoms with E-state index in [0.717, 1.165) is 18.8 Å². The van der Waals surface area contributed by atoms with Crippen LogP contribution in [0.25, 0.3) is 0 Å². The maximum Gasteiger partial charge on any atom is 0.137 e. The van der Waals surface area contributed by atoms with Gasteiger partial charge in [0.15, 0.2) is 0 Å².